The number of aryl methyl sites for hydroxylation is 1. The van der Waals surface area contributed by atoms with Gasteiger partial charge in [-0.15, -0.1) is 0 Å². The first kappa shape index (κ1) is 18.2. The summed E-state index contributed by atoms with van der Waals surface area (Å²) in [5.41, 5.74) is 2.98. The lowest BCUT2D eigenvalue weighted by molar-refractivity contribution is 0.0907. The van der Waals surface area contributed by atoms with E-state index in [2.05, 4.69) is 25.3 Å². The Kier molecular flexibility index (Phi) is 5.32. The van der Waals surface area contributed by atoms with Gasteiger partial charge in [-0.3, -0.25) is 4.79 Å². The van der Waals surface area contributed by atoms with Crippen LogP contribution in [0.3, 0.4) is 0 Å². The van der Waals surface area contributed by atoms with E-state index in [0.29, 0.717) is 12.4 Å². The van der Waals surface area contributed by atoms with Crippen LogP contribution in [0.5, 0.6) is 0 Å². The smallest absolute Gasteiger partial charge is 0.316 e. The number of carbonyl (C=O) groups excluding carboxylic acids is 1. The van der Waals surface area contributed by atoms with Gasteiger partial charge in [0.1, 0.15) is 5.82 Å². The number of piperidine rings is 1. The van der Waals surface area contributed by atoms with Gasteiger partial charge in [0.15, 0.2) is 0 Å². The van der Waals surface area contributed by atoms with Crippen LogP contribution in [0.15, 0.2) is 47.1 Å². The Labute approximate surface area is 163 Å². The normalized spacial score (nSPS) is 14.1. The topological polar surface area (TPSA) is 84.2 Å². The molecule has 3 aromatic rings. The Bertz CT molecular complexity index is 945. The summed E-state index contributed by atoms with van der Waals surface area (Å²) in [4.78, 5) is 23.3. The molecule has 1 fully saturated rings. The number of nitrogens with one attached hydrogen (secondary N) is 1. The minimum atomic E-state index is -0.385. The van der Waals surface area contributed by atoms with Crippen molar-refractivity contribution in [2.24, 2.45) is 0 Å². The number of rotatable bonds is 5. The largest absolute Gasteiger partial charge is 0.357 e. The molecule has 1 aromatic carbocycles. The summed E-state index contributed by atoms with van der Waals surface area (Å²) in [5, 5.41) is 6.77. The number of nitrogens with zero attached hydrogens (tertiary/aromatic N) is 4. The van der Waals surface area contributed by atoms with Gasteiger partial charge in [-0.25, -0.2) is 4.98 Å². The minimum absolute atomic E-state index is 0.0431. The SMILES string of the molecule is Cc1ccc(CNC(=O)c2nc(-c3ccnc(N4CCCCC4)c3)no2)cc1. The van der Waals surface area contributed by atoms with Gasteiger partial charge in [-0.05, 0) is 43.9 Å². The molecule has 0 atom stereocenters. The zero-order chi connectivity index (χ0) is 19.3. The predicted molar refractivity (Wildman–Crippen MR) is 106 cm³/mol. The standard InChI is InChI=1S/C21H23N5O2/c1-15-5-7-16(8-6-15)14-23-20(27)21-24-19(25-28-21)17-9-10-22-18(13-17)26-11-3-2-4-12-26/h5-10,13H,2-4,11-12,14H2,1H3,(H,23,27). The van der Waals surface area contributed by atoms with E-state index in [1.807, 2.05) is 43.3 Å². The lowest BCUT2D eigenvalue weighted by Gasteiger charge is -2.27. The third-order valence-corrected chi connectivity index (χ3v) is 4.88. The fourth-order valence-corrected chi connectivity index (χ4v) is 3.25. The van der Waals surface area contributed by atoms with Gasteiger partial charge in [0.05, 0.1) is 0 Å². The van der Waals surface area contributed by atoms with E-state index in [1.54, 1.807) is 6.20 Å². The number of aromatic nitrogens is 3. The van der Waals surface area contributed by atoms with Crippen molar-refractivity contribution in [2.45, 2.75) is 32.7 Å². The summed E-state index contributed by atoms with van der Waals surface area (Å²) in [6.07, 6.45) is 5.37. The van der Waals surface area contributed by atoms with Crippen molar-refractivity contribution in [1.82, 2.24) is 20.4 Å². The van der Waals surface area contributed by atoms with Crippen LogP contribution in [0.1, 0.15) is 41.1 Å². The highest BCUT2D eigenvalue weighted by Crippen LogP contribution is 2.23. The third kappa shape index (κ3) is 4.19. The van der Waals surface area contributed by atoms with Gasteiger partial charge < -0.3 is 14.7 Å². The van der Waals surface area contributed by atoms with E-state index in [0.717, 1.165) is 30.0 Å². The first-order valence-corrected chi connectivity index (χ1v) is 9.58. The zero-order valence-electron chi connectivity index (χ0n) is 15.9. The predicted octanol–water partition coefficient (Wildman–Crippen LogP) is 3.36. The number of anilines is 1. The third-order valence-electron chi connectivity index (χ3n) is 4.88. The van der Waals surface area contributed by atoms with Crippen molar-refractivity contribution < 1.29 is 9.32 Å². The fraction of sp³-hybridized carbons (Fsp3) is 0.333. The molecule has 0 unspecified atom stereocenters. The Hall–Kier alpha value is -3.22. The van der Waals surface area contributed by atoms with E-state index in [9.17, 15) is 4.79 Å². The van der Waals surface area contributed by atoms with Crippen LogP contribution in [-0.4, -0.2) is 34.1 Å². The molecule has 0 bridgehead atoms. The average molecular weight is 377 g/mol. The van der Waals surface area contributed by atoms with Crippen molar-refractivity contribution in [2.75, 3.05) is 18.0 Å². The number of amides is 1. The molecule has 0 spiro atoms. The van der Waals surface area contributed by atoms with Gasteiger partial charge >= 0.3 is 11.8 Å². The molecule has 0 radical (unpaired) electrons. The van der Waals surface area contributed by atoms with Crippen LogP contribution in [-0.2, 0) is 6.54 Å². The van der Waals surface area contributed by atoms with Gasteiger partial charge in [-0.2, -0.15) is 4.98 Å². The molecule has 1 N–H and O–H groups in total. The van der Waals surface area contributed by atoms with E-state index >= 15 is 0 Å². The Morgan fingerprint density at radius 2 is 1.93 bits per heavy atom. The summed E-state index contributed by atoms with van der Waals surface area (Å²) >= 11 is 0. The minimum Gasteiger partial charge on any atom is -0.357 e. The van der Waals surface area contributed by atoms with Gasteiger partial charge in [0.25, 0.3) is 0 Å². The summed E-state index contributed by atoms with van der Waals surface area (Å²) < 4.78 is 5.17. The molecule has 7 nitrogen and oxygen atoms in total. The molecule has 1 amide bonds. The monoisotopic (exact) mass is 377 g/mol. The van der Waals surface area contributed by atoms with Crippen LogP contribution in [0.4, 0.5) is 5.82 Å². The average Bonchev–Trinajstić information content (AvgIpc) is 3.24. The van der Waals surface area contributed by atoms with E-state index in [4.69, 9.17) is 4.52 Å². The maximum atomic E-state index is 12.3. The fourth-order valence-electron chi connectivity index (χ4n) is 3.25. The number of hydrogen-bond donors (Lipinski definition) is 1. The highest BCUT2D eigenvalue weighted by molar-refractivity contribution is 5.89. The zero-order valence-corrected chi connectivity index (χ0v) is 15.9. The molecule has 7 heteroatoms. The first-order chi connectivity index (χ1) is 13.7. The Balaban J connectivity index is 1.43. The van der Waals surface area contributed by atoms with Gasteiger partial charge in [0, 0.05) is 31.4 Å². The molecule has 0 aliphatic carbocycles. The lowest BCUT2D eigenvalue weighted by atomic mass is 10.1. The summed E-state index contributed by atoms with van der Waals surface area (Å²) in [7, 11) is 0. The Morgan fingerprint density at radius 3 is 2.71 bits per heavy atom. The van der Waals surface area contributed by atoms with Crippen LogP contribution >= 0.6 is 0 Å². The molecular formula is C21H23N5O2. The summed E-state index contributed by atoms with van der Waals surface area (Å²) in [6, 6.07) is 11.8. The molecule has 28 heavy (non-hydrogen) atoms. The quantitative estimate of drug-likeness (QED) is 0.734. The van der Waals surface area contributed by atoms with Crippen LogP contribution in [0, 0.1) is 6.92 Å². The highest BCUT2D eigenvalue weighted by Gasteiger charge is 2.18. The van der Waals surface area contributed by atoms with E-state index in [-0.39, 0.29) is 11.8 Å². The molecule has 3 heterocycles. The van der Waals surface area contributed by atoms with Crippen molar-refractivity contribution in [1.29, 1.82) is 0 Å². The molecule has 2 aromatic heterocycles. The van der Waals surface area contributed by atoms with Crippen LogP contribution in [0.25, 0.3) is 11.4 Å². The van der Waals surface area contributed by atoms with Crippen molar-refractivity contribution in [3.63, 3.8) is 0 Å². The maximum Gasteiger partial charge on any atom is 0.316 e. The lowest BCUT2D eigenvalue weighted by Crippen LogP contribution is -2.30. The summed E-state index contributed by atoms with van der Waals surface area (Å²) in [6.45, 7) is 4.45. The van der Waals surface area contributed by atoms with Crippen LogP contribution in [0.2, 0.25) is 0 Å². The second kappa shape index (κ2) is 8.21. The highest BCUT2D eigenvalue weighted by atomic mass is 16.5. The van der Waals surface area contributed by atoms with E-state index < -0.39 is 0 Å². The molecule has 0 saturated carbocycles. The van der Waals surface area contributed by atoms with Gasteiger partial charge in [0.2, 0.25) is 5.82 Å². The molecule has 1 aliphatic heterocycles. The second-order valence-electron chi connectivity index (χ2n) is 7.04. The van der Waals surface area contributed by atoms with Crippen molar-refractivity contribution in [3.8, 4) is 11.4 Å². The van der Waals surface area contributed by atoms with E-state index in [1.165, 1.54) is 24.8 Å². The van der Waals surface area contributed by atoms with Crippen molar-refractivity contribution >= 4 is 11.7 Å². The molecular weight excluding hydrogens is 354 g/mol. The maximum absolute atomic E-state index is 12.3. The number of benzene rings is 1. The first-order valence-electron chi connectivity index (χ1n) is 9.58. The summed E-state index contributed by atoms with van der Waals surface area (Å²) in [5.74, 6) is 0.872. The van der Waals surface area contributed by atoms with Gasteiger partial charge in [-0.1, -0.05) is 35.0 Å². The van der Waals surface area contributed by atoms with Crippen molar-refractivity contribution in [3.05, 3.63) is 59.6 Å². The molecule has 144 valence electrons. The number of carbonyl (C=O) groups is 1. The van der Waals surface area contributed by atoms with Crippen LogP contribution < -0.4 is 10.2 Å². The molecule has 1 saturated heterocycles. The number of hydrogen-bond acceptors (Lipinski definition) is 6. The second-order valence-corrected chi connectivity index (χ2v) is 7.04. The number of pyridine rings is 1. The molecule has 1 aliphatic rings. The molecule has 4 rings (SSSR count). The Morgan fingerprint density at radius 1 is 1.14 bits per heavy atom.